The second-order valence-corrected chi connectivity index (χ2v) is 10.9. The van der Waals surface area contributed by atoms with E-state index >= 15 is 8.78 Å². The van der Waals surface area contributed by atoms with E-state index in [0.717, 1.165) is 55.7 Å². The number of pyridine rings is 1. The molecule has 1 N–H and O–H groups in total. The highest BCUT2D eigenvalue weighted by Gasteiger charge is 2.44. The number of aliphatic imine (C=N–C) groups is 1. The molecule has 1 aromatic heterocycles. The van der Waals surface area contributed by atoms with Crippen molar-refractivity contribution in [1.82, 2.24) is 4.98 Å². The van der Waals surface area contributed by atoms with E-state index in [1.165, 1.54) is 18.3 Å². The highest BCUT2D eigenvalue weighted by molar-refractivity contribution is 6.11. The number of amidine groups is 1. The highest BCUT2D eigenvalue weighted by atomic mass is 19.1. The summed E-state index contributed by atoms with van der Waals surface area (Å²) in [7, 11) is 0. The quantitative estimate of drug-likeness (QED) is 0.143. The van der Waals surface area contributed by atoms with Crippen LogP contribution in [-0.4, -0.2) is 15.9 Å². The zero-order valence-electron chi connectivity index (χ0n) is 24.8. The summed E-state index contributed by atoms with van der Waals surface area (Å²) >= 11 is 0. The number of anilines is 2. The molecule has 0 bridgehead atoms. The monoisotopic (exact) mass is 577 g/mol. The molecule has 0 atom stereocenters. The molecular formula is C37H37F2N3O. The average Bonchev–Trinajstić information content (AvgIpc) is 3.30. The molecule has 0 saturated carbocycles. The number of nitrogens with zero attached hydrogens (tertiary/aromatic N) is 3. The van der Waals surface area contributed by atoms with Gasteiger partial charge in [-0.25, -0.2) is 18.8 Å². The van der Waals surface area contributed by atoms with Gasteiger partial charge in [-0.15, -0.1) is 0 Å². The average molecular weight is 578 g/mol. The topological polar surface area (TPSA) is 48.7 Å². The van der Waals surface area contributed by atoms with Crippen molar-refractivity contribution < 1.29 is 13.9 Å². The molecule has 3 aromatic carbocycles. The van der Waals surface area contributed by atoms with E-state index in [-0.39, 0.29) is 22.4 Å². The van der Waals surface area contributed by atoms with Crippen LogP contribution in [0.25, 0.3) is 22.5 Å². The predicted molar refractivity (Wildman–Crippen MR) is 173 cm³/mol. The molecule has 1 heterocycles. The minimum Gasteiger partial charge on any atom is -0.507 e. The summed E-state index contributed by atoms with van der Waals surface area (Å²) in [6.07, 6.45) is 8.87. The van der Waals surface area contributed by atoms with Crippen molar-refractivity contribution in [2.75, 3.05) is 4.90 Å². The van der Waals surface area contributed by atoms with Gasteiger partial charge in [-0.1, -0.05) is 89.1 Å². The van der Waals surface area contributed by atoms with Crippen molar-refractivity contribution in [3.63, 3.8) is 0 Å². The molecule has 220 valence electrons. The van der Waals surface area contributed by atoms with E-state index in [9.17, 15) is 5.11 Å². The Morgan fingerprint density at radius 1 is 0.907 bits per heavy atom. The van der Waals surface area contributed by atoms with Gasteiger partial charge in [0.15, 0.2) is 0 Å². The minimum atomic E-state index is -0.758. The van der Waals surface area contributed by atoms with Gasteiger partial charge < -0.3 is 5.11 Å². The van der Waals surface area contributed by atoms with E-state index in [2.05, 4.69) is 38.1 Å². The van der Waals surface area contributed by atoms with Gasteiger partial charge in [-0.2, -0.15) is 0 Å². The van der Waals surface area contributed by atoms with Crippen LogP contribution in [0.15, 0.2) is 103 Å². The number of para-hydroxylation sites is 1. The van der Waals surface area contributed by atoms with Crippen LogP contribution in [0.2, 0.25) is 0 Å². The number of aromatic hydroxyl groups is 1. The van der Waals surface area contributed by atoms with Gasteiger partial charge in [0, 0.05) is 34.5 Å². The van der Waals surface area contributed by atoms with Gasteiger partial charge in [0.05, 0.1) is 17.1 Å². The summed E-state index contributed by atoms with van der Waals surface area (Å²) in [5.41, 5.74) is 4.40. The fourth-order valence-electron chi connectivity index (χ4n) is 6.31. The van der Waals surface area contributed by atoms with Crippen molar-refractivity contribution in [1.29, 1.82) is 0 Å². The van der Waals surface area contributed by atoms with Crippen LogP contribution in [0.3, 0.4) is 0 Å². The van der Waals surface area contributed by atoms with E-state index in [0.29, 0.717) is 28.5 Å². The third-order valence-electron chi connectivity index (χ3n) is 8.32. The lowest BCUT2D eigenvalue weighted by Gasteiger charge is -2.32. The van der Waals surface area contributed by atoms with Crippen LogP contribution in [-0.2, 0) is 5.41 Å². The normalized spacial score (nSPS) is 13.3. The lowest BCUT2D eigenvalue weighted by Crippen LogP contribution is -2.25. The highest BCUT2D eigenvalue weighted by Crippen LogP contribution is 2.56. The van der Waals surface area contributed by atoms with E-state index in [1.54, 1.807) is 11.0 Å². The fourth-order valence-corrected chi connectivity index (χ4v) is 6.31. The van der Waals surface area contributed by atoms with E-state index in [1.807, 2.05) is 48.5 Å². The van der Waals surface area contributed by atoms with E-state index < -0.39 is 11.6 Å². The van der Waals surface area contributed by atoms with Gasteiger partial charge in [0.2, 0.25) is 0 Å². The molecule has 0 fully saturated rings. The first-order valence-electron chi connectivity index (χ1n) is 14.9. The number of unbranched alkanes of at least 4 members (excludes halogenated alkanes) is 2. The van der Waals surface area contributed by atoms with Crippen LogP contribution in [0.5, 0.6) is 5.75 Å². The molecule has 0 aliphatic heterocycles. The first-order chi connectivity index (χ1) is 20.9. The van der Waals surface area contributed by atoms with Crippen molar-refractivity contribution in [2.24, 2.45) is 4.99 Å². The van der Waals surface area contributed by atoms with Crippen molar-refractivity contribution in [3.8, 4) is 28.3 Å². The molecule has 6 heteroatoms. The summed E-state index contributed by atoms with van der Waals surface area (Å²) < 4.78 is 31.2. The summed E-state index contributed by atoms with van der Waals surface area (Å²) in [6.45, 7) is 11.9. The van der Waals surface area contributed by atoms with Crippen LogP contribution in [0.4, 0.5) is 20.2 Å². The Labute approximate surface area is 252 Å². The summed E-state index contributed by atoms with van der Waals surface area (Å²) in [6, 6.07) is 21.0. The standard InChI is InChI=1S/C37H37F2N3O/c1-5-9-21-37(22-10-6-2)27-17-14-18-33(43)35(27)36-28(37)19-20-31(41-36)26-23-32(30(39)24-29(26)38)42(34(7-3)40-8-4)25-15-12-11-13-16-25/h7-8,11-20,23-24,43H,3-6,9-10,21-22H2,1-2H3. The van der Waals surface area contributed by atoms with Gasteiger partial charge in [0.25, 0.3) is 0 Å². The zero-order valence-corrected chi connectivity index (χ0v) is 24.8. The van der Waals surface area contributed by atoms with Crippen LogP contribution >= 0.6 is 0 Å². The van der Waals surface area contributed by atoms with Crippen LogP contribution in [0, 0.1) is 11.6 Å². The van der Waals surface area contributed by atoms with Gasteiger partial charge in [-0.05, 0) is 60.4 Å². The van der Waals surface area contributed by atoms with Crippen molar-refractivity contribution in [3.05, 3.63) is 121 Å². The molecule has 4 aromatic rings. The third-order valence-corrected chi connectivity index (χ3v) is 8.32. The lowest BCUT2D eigenvalue weighted by molar-refractivity contribution is 0.412. The number of halogens is 2. The molecule has 43 heavy (non-hydrogen) atoms. The van der Waals surface area contributed by atoms with Crippen molar-refractivity contribution >= 4 is 17.2 Å². The molecule has 5 rings (SSSR count). The fraction of sp³-hybridized carbons (Fsp3) is 0.243. The maximum atomic E-state index is 15.6. The minimum absolute atomic E-state index is 0.0916. The Kier molecular flexibility index (Phi) is 8.86. The number of fused-ring (bicyclic) bond motifs is 3. The Hall–Kier alpha value is -4.58. The molecule has 0 amide bonds. The molecular weight excluding hydrogens is 540 g/mol. The first-order valence-corrected chi connectivity index (χ1v) is 14.9. The lowest BCUT2D eigenvalue weighted by atomic mass is 9.71. The van der Waals surface area contributed by atoms with Gasteiger partial charge >= 0.3 is 0 Å². The number of rotatable bonds is 11. The third kappa shape index (κ3) is 5.38. The number of benzene rings is 3. The number of aromatic nitrogens is 1. The number of phenols is 1. The summed E-state index contributed by atoms with van der Waals surface area (Å²) in [4.78, 5) is 10.9. The molecule has 0 saturated heterocycles. The Bertz CT molecular complexity index is 1670. The molecule has 4 nitrogen and oxygen atoms in total. The summed E-state index contributed by atoms with van der Waals surface area (Å²) in [5, 5.41) is 11.1. The van der Waals surface area contributed by atoms with Gasteiger partial charge in [-0.3, -0.25) is 4.90 Å². The molecule has 1 aliphatic carbocycles. The van der Waals surface area contributed by atoms with Crippen LogP contribution in [0.1, 0.15) is 63.5 Å². The number of phenolic OH excluding ortho intramolecular Hbond substituents is 1. The maximum Gasteiger partial charge on any atom is 0.150 e. The summed E-state index contributed by atoms with van der Waals surface area (Å²) in [5.74, 6) is -1.01. The second-order valence-electron chi connectivity index (χ2n) is 10.9. The zero-order chi connectivity index (χ0) is 30.6. The molecule has 0 radical (unpaired) electrons. The first kappa shape index (κ1) is 29.9. The number of hydrogen-bond donors (Lipinski definition) is 1. The van der Waals surface area contributed by atoms with E-state index in [4.69, 9.17) is 4.98 Å². The second kappa shape index (κ2) is 12.7. The van der Waals surface area contributed by atoms with Crippen LogP contribution < -0.4 is 4.90 Å². The maximum absolute atomic E-state index is 15.6. The molecule has 1 aliphatic rings. The largest absolute Gasteiger partial charge is 0.507 e. The Morgan fingerprint density at radius 2 is 1.63 bits per heavy atom. The Morgan fingerprint density at radius 3 is 2.28 bits per heavy atom. The number of hydrogen-bond acceptors (Lipinski definition) is 3. The Balaban J connectivity index is 1.72. The SMILES string of the molecule is C=CN=C(C=C)N(c1ccccc1)c1cc(-c2ccc3c(n2)-c2c(O)cccc2C3(CCCC)CCCC)c(F)cc1F. The van der Waals surface area contributed by atoms with Gasteiger partial charge in [0.1, 0.15) is 23.2 Å². The molecule has 0 unspecified atom stereocenters. The smallest absolute Gasteiger partial charge is 0.150 e. The van der Waals surface area contributed by atoms with Crippen molar-refractivity contribution in [2.45, 2.75) is 57.8 Å². The molecule has 0 spiro atoms. The predicted octanol–water partition coefficient (Wildman–Crippen LogP) is 10.2.